The molecule has 45 heavy (non-hydrogen) atoms. The molecule has 1 amide bonds. The number of ether oxygens (including phenoxy) is 2. The number of likely N-dealkylation sites (tertiary alicyclic amines) is 1. The maximum atomic E-state index is 13.9. The number of carbonyl (C=O) groups excluding carboxylic acids is 1. The lowest BCUT2D eigenvalue weighted by Crippen LogP contribution is -2.40. The summed E-state index contributed by atoms with van der Waals surface area (Å²) in [5, 5.41) is 13.5. The van der Waals surface area contributed by atoms with Crippen molar-refractivity contribution in [3.05, 3.63) is 64.9 Å². The molecule has 3 N–H and O–H groups in total. The number of nitrogens with zero attached hydrogens (tertiary/aromatic N) is 3. The number of H-pyrrole nitrogens is 1. The van der Waals surface area contributed by atoms with E-state index in [2.05, 4.69) is 25.7 Å². The van der Waals surface area contributed by atoms with Crippen LogP contribution in [0.4, 0.5) is 20.3 Å². The second-order valence-electron chi connectivity index (χ2n) is 12.2. The number of fused-ring (bicyclic) bond motifs is 1. The van der Waals surface area contributed by atoms with Gasteiger partial charge in [0, 0.05) is 50.0 Å². The first-order valence-electron chi connectivity index (χ1n) is 15.2. The number of sulfonamides is 1. The van der Waals surface area contributed by atoms with Crippen LogP contribution in [0.1, 0.15) is 61.1 Å². The molecule has 2 aromatic carbocycles. The van der Waals surface area contributed by atoms with Crippen molar-refractivity contribution in [1.29, 1.82) is 0 Å². The molecule has 0 spiro atoms. The Morgan fingerprint density at radius 3 is 2.53 bits per heavy atom. The molecule has 3 aromatic rings. The summed E-state index contributed by atoms with van der Waals surface area (Å²) in [7, 11) is -4.31. The number of amides is 1. The van der Waals surface area contributed by atoms with Crippen LogP contribution in [0.25, 0.3) is 0 Å². The van der Waals surface area contributed by atoms with Crippen molar-refractivity contribution in [3.8, 4) is 5.75 Å². The van der Waals surface area contributed by atoms with Crippen molar-refractivity contribution in [3.63, 3.8) is 0 Å². The summed E-state index contributed by atoms with van der Waals surface area (Å²) in [5.41, 5.74) is 0.789. The van der Waals surface area contributed by atoms with Gasteiger partial charge in [-0.2, -0.15) is 9.40 Å². The van der Waals surface area contributed by atoms with Gasteiger partial charge in [0.15, 0.2) is 5.82 Å². The van der Waals surface area contributed by atoms with Gasteiger partial charge in [0.2, 0.25) is 10.0 Å². The van der Waals surface area contributed by atoms with Gasteiger partial charge >= 0.3 is 0 Å². The van der Waals surface area contributed by atoms with Crippen LogP contribution in [-0.2, 0) is 26.8 Å². The van der Waals surface area contributed by atoms with E-state index in [0.29, 0.717) is 54.1 Å². The van der Waals surface area contributed by atoms with Crippen molar-refractivity contribution < 1.29 is 31.5 Å². The van der Waals surface area contributed by atoms with Crippen LogP contribution in [-0.4, -0.2) is 79.2 Å². The smallest absolute Gasteiger partial charge is 0.258 e. The summed E-state index contributed by atoms with van der Waals surface area (Å²) in [6.07, 6.45) is 4.01. The van der Waals surface area contributed by atoms with E-state index in [1.54, 1.807) is 26.0 Å². The molecule has 0 radical (unpaired) electrons. The highest BCUT2D eigenvalue weighted by Gasteiger charge is 2.48. The average molecular weight is 645 g/mol. The van der Waals surface area contributed by atoms with Crippen molar-refractivity contribution >= 4 is 27.4 Å². The highest BCUT2D eigenvalue weighted by Crippen LogP contribution is 2.44. The maximum absolute atomic E-state index is 13.9. The first-order chi connectivity index (χ1) is 21.5. The number of anilines is 2. The van der Waals surface area contributed by atoms with Crippen LogP contribution in [0.2, 0.25) is 0 Å². The summed E-state index contributed by atoms with van der Waals surface area (Å²) in [6.45, 7) is 7.96. The van der Waals surface area contributed by atoms with E-state index >= 15 is 0 Å². The Hall–Kier alpha value is -3.59. The Balaban J connectivity index is 1.22. The van der Waals surface area contributed by atoms with Crippen molar-refractivity contribution in [2.45, 2.75) is 62.6 Å². The van der Waals surface area contributed by atoms with Gasteiger partial charge in [-0.3, -0.25) is 14.8 Å². The van der Waals surface area contributed by atoms with Crippen molar-refractivity contribution in [2.75, 3.05) is 50.1 Å². The van der Waals surface area contributed by atoms with Gasteiger partial charge in [0.05, 0.1) is 27.4 Å². The Bertz CT molecular complexity index is 1650. The minimum absolute atomic E-state index is 0.118. The monoisotopic (exact) mass is 644 g/mol. The van der Waals surface area contributed by atoms with E-state index in [9.17, 15) is 22.0 Å². The normalized spacial score (nSPS) is 19.0. The lowest BCUT2D eigenvalue weighted by molar-refractivity contribution is 0.0904. The number of aromatic nitrogens is 2. The predicted octanol–water partition coefficient (Wildman–Crippen LogP) is 4.45. The summed E-state index contributed by atoms with van der Waals surface area (Å²) in [6, 6.07) is 7.61. The highest BCUT2D eigenvalue weighted by molar-refractivity contribution is 7.89. The van der Waals surface area contributed by atoms with E-state index < -0.39 is 38.0 Å². The lowest BCUT2D eigenvalue weighted by atomic mass is 10.0. The quantitative estimate of drug-likeness (QED) is 0.296. The lowest BCUT2D eigenvalue weighted by Gasteiger charge is -2.30. The fraction of sp³-hybridized carbons (Fsp3) is 0.484. The molecule has 3 aliphatic rings. The average Bonchev–Trinajstić information content (AvgIpc) is 3.72. The van der Waals surface area contributed by atoms with Gasteiger partial charge in [0.1, 0.15) is 24.0 Å². The third-order valence-corrected chi connectivity index (χ3v) is 10.7. The van der Waals surface area contributed by atoms with Crippen LogP contribution < -0.4 is 15.4 Å². The van der Waals surface area contributed by atoms with Crippen molar-refractivity contribution in [2.24, 2.45) is 0 Å². The molecule has 0 unspecified atom stereocenters. The van der Waals surface area contributed by atoms with Gasteiger partial charge in [-0.15, -0.1) is 0 Å². The minimum atomic E-state index is -4.31. The van der Waals surface area contributed by atoms with Gasteiger partial charge in [-0.25, -0.2) is 17.2 Å². The summed E-state index contributed by atoms with van der Waals surface area (Å²) in [4.78, 5) is 15.6. The van der Waals surface area contributed by atoms with Crippen LogP contribution >= 0.6 is 0 Å². The van der Waals surface area contributed by atoms with E-state index in [-0.39, 0.29) is 18.4 Å². The predicted molar refractivity (Wildman–Crippen MR) is 164 cm³/mol. The standard InChI is InChI=1S/C31H38F2N6O5S/c1-31(2)28-26(19-39(31)45(41,42)24-16-20(32)15-21(33)17-24)29(37-36-28)35-30(40)25-6-5-23(44-14-11-38-9-3-4-10-38)18-27(25)34-22-7-12-43-13-8-22/h5-6,15-18,22,34H,3-4,7-14,19H2,1-2H3,(H2,35,36,37,40). The summed E-state index contributed by atoms with van der Waals surface area (Å²) < 4.78 is 67.6. The van der Waals surface area contributed by atoms with E-state index in [1.807, 2.05) is 6.07 Å². The van der Waals surface area contributed by atoms with Gasteiger partial charge in [-0.05, 0) is 76.9 Å². The SMILES string of the molecule is CC1(C)c2[nH]nc(NC(=O)c3ccc(OCCN4CCCC4)cc3NC3CCOCC3)c2CN1S(=O)(=O)c1cc(F)cc(F)c1. The van der Waals surface area contributed by atoms with E-state index in [0.717, 1.165) is 48.9 Å². The molecule has 242 valence electrons. The molecule has 2 saturated heterocycles. The Labute approximate surface area is 261 Å². The fourth-order valence-corrected chi connectivity index (χ4v) is 8.02. The molecule has 6 rings (SSSR count). The number of benzene rings is 2. The number of nitrogens with one attached hydrogen (secondary N) is 3. The molecule has 4 heterocycles. The van der Waals surface area contributed by atoms with E-state index in [1.165, 1.54) is 12.8 Å². The second-order valence-corrected chi connectivity index (χ2v) is 14.1. The number of aromatic amines is 1. The summed E-state index contributed by atoms with van der Waals surface area (Å²) in [5.74, 6) is -1.60. The van der Waals surface area contributed by atoms with Crippen LogP contribution in [0.15, 0.2) is 41.3 Å². The Morgan fingerprint density at radius 1 is 1.11 bits per heavy atom. The molecule has 3 aliphatic heterocycles. The molecule has 0 atom stereocenters. The molecule has 0 aliphatic carbocycles. The molecular formula is C31H38F2N6O5S. The Morgan fingerprint density at radius 2 is 1.82 bits per heavy atom. The molecule has 0 bridgehead atoms. The minimum Gasteiger partial charge on any atom is -0.492 e. The number of carbonyl (C=O) groups is 1. The van der Waals surface area contributed by atoms with Crippen LogP contribution in [0.3, 0.4) is 0 Å². The second kappa shape index (κ2) is 12.7. The molecule has 0 saturated carbocycles. The molecule has 14 heteroatoms. The van der Waals surface area contributed by atoms with Crippen molar-refractivity contribution in [1.82, 2.24) is 19.4 Å². The van der Waals surface area contributed by atoms with Gasteiger partial charge in [-0.1, -0.05) is 0 Å². The zero-order valence-electron chi connectivity index (χ0n) is 25.4. The molecule has 1 aromatic heterocycles. The summed E-state index contributed by atoms with van der Waals surface area (Å²) >= 11 is 0. The third-order valence-electron chi connectivity index (χ3n) is 8.75. The topological polar surface area (TPSA) is 129 Å². The number of halogens is 2. The number of hydrogen-bond acceptors (Lipinski definition) is 8. The maximum Gasteiger partial charge on any atom is 0.258 e. The van der Waals surface area contributed by atoms with Crippen LogP contribution in [0.5, 0.6) is 5.75 Å². The van der Waals surface area contributed by atoms with E-state index in [4.69, 9.17) is 9.47 Å². The molecule has 11 nitrogen and oxygen atoms in total. The fourth-order valence-electron chi connectivity index (χ4n) is 6.25. The third kappa shape index (κ3) is 6.55. The molecular weight excluding hydrogens is 606 g/mol. The number of rotatable bonds is 10. The number of hydrogen-bond donors (Lipinski definition) is 3. The zero-order chi connectivity index (χ0) is 31.8. The highest BCUT2D eigenvalue weighted by atomic mass is 32.2. The van der Waals surface area contributed by atoms with Gasteiger partial charge < -0.3 is 20.1 Å². The van der Waals surface area contributed by atoms with Crippen LogP contribution in [0, 0.1) is 11.6 Å². The van der Waals surface area contributed by atoms with Gasteiger partial charge in [0.25, 0.3) is 5.91 Å². The first-order valence-corrected chi connectivity index (χ1v) is 16.7. The Kier molecular flexibility index (Phi) is 8.83. The largest absolute Gasteiger partial charge is 0.492 e. The zero-order valence-corrected chi connectivity index (χ0v) is 26.2. The first kappa shape index (κ1) is 31.4. The molecule has 2 fully saturated rings.